The molecule has 2 amide bonds. The topological polar surface area (TPSA) is 32.3 Å². The van der Waals surface area contributed by atoms with Gasteiger partial charge in [0.2, 0.25) is 0 Å². The van der Waals surface area contributed by atoms with E-state index in [2.05, 4.69) is 5.32 Å². The highest BCUT2D eigenvalue weighted by molar-refractivity contribution is 5.74. The fraction of sp³-hybridized carbons (Fsp3) is 0.571. The van der Waals surface area contributed by atoms with Crippen LogP contribution in [0.3, 0.4) is 0 Å². The molecule has 0 heterocycles. The van der Waals surface area contributed by atoms with Crippen LogP contribution in [0.5, 0.6) is 0 Å². The Morgan fingerprint density at radius 2 is 1.90 bits per heavy atom. The van der Waals surface area contributed by atoms with E-state index in [4.69, 9.17) is 0 Å². The van der Waals surface area contributed by atoms with Crippen LogP contribution >= 0.6 is 0 Å². The Bertz CT molecular complexity index is 146. The van der Waals surface area contributed by atoms with Crippen molar-refractivity contribution < 1.29 is 4.79 Å². The highest BCUT2D eigenvalue weighted by atomic mass is 16.2. The number of nitrogens with one attached hydrogen (secondary N) is 1. The minimum Gasteiger partial charge on any atom is -0.331 e. The molecule has 10 heavy (non-hydrogen) atoms. The van der Waals surface area contributed by atoms with E-state index in [0.717, 1.165) is 5.57 Å². The molecule has 0 aromatic heterocycles. The fourth-order valence-electron chi connectivity index (χ4n) is 0.335. The third-order valence-electron chi connectivity index (χ3n) is 0.891. The maximum Gasteiger partial charge on any atom is 0.320 e. The molecule has 0 unspecified atom stereocenters. The van der Waals surface area contributed by atoms with Crippen LogP contribution in [0, 0.1) is 0 Å². The van der Waals surface area contributed by atoms with Crippen LogP contribution in [0.2, 0.25) is 0 Å². The maximum absolute atomic E-state index is 10.8. The summed E-state index contributed by atoms with van der Waals surface area (Å²) in [6, 6.07) is -0.0961. The predicted octanol–water partition coefficient (Wildman–Crippen LogP) is 1.18. The zero-order valence-corrected chi connectivity index (χ0v) is 6.93. The van der Waals surface area contributed by atoms with Gasteiger partial charge >= 0.3 is 6.03 Å². The first-order valence-corrected chi connectivity index (χ1v) is 3.15. The summed E-state index contributed by atoms with van der Waals surface area (Å²) >= 11 is 0. The Morgan fingerprint density at radius 3 is 2.20 bits per heavy atom. The summed E-state index contributed by atoms with van der Waals surface area (Å²) in [6.07, 6.45) is 1.68. The van der Waals surface area contributed by atoms with Crippen molar-refractivity contribution in [2.45, 2.75) is 13.8 Å². The second kappa shape index (κ2) is 3.93. The van der Waals surface area contributed by atoms with Gasteiger partial charge in [-0.3, -0.25) is 0 Å². The summed E-state index contributed by atoms with van der Waals surface area (Å²) in [7, 11) is 3.41. The summed E-state index contributed by atoms with van der Waals surface area (Å²) in [5.41, 5.74) is 1.08. The summed E-state index contributed by atoms with van der Waals surface area (Å²) in [6.45, 7) is 3.85. The lowest BCUT2D eigenvalue weighted by molar-refractivity contribution is 0.221. The van der Waals surface area contributed by atoms with E-state index in [1.54, 1.807) is 20.3 Å². The van der Waals surface area contributed by atoms with Crippen molar-refractivity contribution in [1.29, 1.82) is 0 Å². The highest BCUT2D eigenvalue weighted by Crippen LogP contribution is 1.85. The molecule has 3 nitrogen and oxygen atoms in total. The maximum atomic E-state index is 10.8. The largest absolute Gasteiger partial charge is 0.331 e. The van der Waals surface area contributed by atoms with Gasteiger partial charge in [0, 0.05) is 20.3 Å². The van der Waals surface area contributed by atoms with E-state index in [-0.39, 0.29) is 6.03 Å². The average Bonchev–Trinajstić information content (AvgIpc) is 1.82. The lowest BCUT2D eigenvalue weighted by atomic mass is 10.4. The van der Waals surface area contributed by atoms with Gasteiger partial charge in [-0.2, -0.15) is 0 Å². The van der Waals surface area contributed by atoms with Crippen LogP contribution in [-0.2, 0) is 0 Å². The van der Waals surface area contributed by atoms with E-state index in [0.29, 0.717) is 0 Å². The Hall–Kier alpha value is -0.990. The van der Waals surface area contributed by atoms with Gasteiger partial charge in [-0.1, -0.05) is 5.57 Å². The molecule has 0 aromatic carbocycles. The standard InChI is InChI=1S/C7H14N2O/c1-6(2)5-8-7(10)9(3)4/h5H,1-4H3,(H,8,10). The van der Waals surface area contributed by atoms with Gasteiger partial charge in [0.1, 0.15) is 0 Å². The van der Waals surface area contributed by atoms with Crippen LogP contribution in [0.25, 0.3) is 0 Å². The zero-order chi connectivity index (χ0) is 8.15. The molecule has 0 aliphatic carbocycles. The molecule has 0 aliphatic rings. The van der Waals surface area contributed by atoms with Crippen LogP contribution in [-0.4, -0.2) is 25.0 Å². The third-order valence-corrected chi connectivity index (χ3v) is 0.891. The minimum absolute atomic E-state index is 0.0961. The molecule has 0 saturated carbocycles. The van der Waals surface area contributed by atoms with Gasteiger partial charge in [0.25, 0.3) is 0 Å². The van der Waals surface area contributed by atoms with E-state index >= 15 is 0 Å². The first-order chi connectivity index (χ1) is 4.54. The molecular weight excluding hydrogens is 128 g/mol. The van der Waals surface area contributed by atoms with E-state index in [9.17, 15) is 4.79 Å². The molecule has 0 rings (SSSR count). The number of amides is 2. The van der Waals surface area contributed by atoms with Gasteiger partial charge < -0.3 is 10.2 Å². The number of carbonyl (C=O) groups is 1. The van der Waals surface area contributed by atoms with Gasteiger partial charge in [0.05, 0.1) is 0 Å². The molecular formula is C7H14N2O. The average molecular weight is 142 g/mol. The second-order valence-electron chi connectivity index (χ2n) is 2.57. The molecule has 0 atom stereocenters. The Labute approximate surface area is 61.7 Å². The van der Waals surface area contributed by atoms with E-state index < -0.39 is 0 Å². The lowest BCUT2D eigenvalue weighted by Crippen LogP contribution is -2.30. The number of urea groups is 1. The second-order valence-corrected chi connectivity index (χ2v) is 2.57. The van der Waals surface area contributed by atoms with Crippen LogP contribution in [0.15, 0.2) is 11.8 Å². The number of carbonyl (C=O) groups excluding carboxylic acids is 1. The van der Waals surface area contributed by atoms with Crippen molar-refractivity contribution >= 4 is 6.03 Å². The molecule has 0 aromatic rings. The molecule has 3 heteroatoms. The molecule has 0 radical (unpaired) electrons. The molecule has 0 bridgehead atoms. The minimum atomic E-state index is -0.0961. The van der Waals surface area contributed by atoms with Crippen molar-refractivity contribution in [3.8, 4) is 0 Å². The first kappa shape index (κ1) is 9.01. The Morgan fingerprint density at radius 1 is 1.40 bits per heavy atom. The Balaban J connectivity index is 3.71. The van der Waals surface area contributed by atoms with Gasteiger partial charge in [-0.05, 0) is 13.8 Å². The summed E-state index contributed by atoms with van der Waals surface area (Å²) in [4.78, 5) is 12.3. The van der Waals surface area contributed by atoms with E-state index in [1.165, 1.54) is 4.90 Å². The van der Waals surface area contributed by atoms with Gasteiger partial charge in [0.15, 0.2) is 0 Å². The normalized spacial score (nSPS) is 8.40. The lowest BCUT2D eigenvalue weighted by Gasteiger charge is -2.08. The number of hydrogen-bond donors (Lipinski definition) is 1. The predicted molar refractivity (Wildman–Crippen MR) is 41.6 cm³/mol. The summed E-state index contributed by atoms with van der Waals surface area (Å²) in [5.74, 6) is 0. The SMILES string of the molecule is CC(C)=CNC(=O)N(C)C. The highest BCUT2D eigenvalue weighted by Gasteiger charge is 1.97. The molecule has 1 N–H and O–H groups in total. The van der Waals surface area contributed by atoms with E-state index in [1.807, 2.05) is 13.8 Å². The fourth-order valence-corrected chi connectivity index (χ4v) is 0.335. The quantitative estimate of drug-likeness (QED) is 0.586. The van der Waals surface area contributed by atoms with Gasteiger partial charge in [-0.15, -0.1) is 0 Å². The van der Waals surface area contributed by atoms with Crippen molar-refractivity contribution in [2.24, 2.45) is 0 Å². The number of nitrogens with zero attached hydrogens (tertiary/aromatic N) is 1. The number of allylic oxidation sites excluding steroid dienone is 1. The number of hydrogen-bond acceptors (Lipinski definition) is 1. The van der Waals surface area contributed by atoms with Crippen molar-refractivity contribution in [3.63, 3.8) is 0 Å². The molecule has 0 saturated heterocycles. The first-order valence-electron chi connectivity index (χ1n) is 3.15. The van der Waals surface area contributed by atoms with Crippen LogP contribution < -0.4 is 5.32 Å². The Kier molecular flexibility index (Phi) is 3.54. The van der Waals surface area contributed by atoms with Crippen molar-refractivity contribution in [1.82, 2.24) is 10.2 Å². The van der Waals surface area contributed by atoms with Crippen LogP contribution in [0.1, 0.15) is 13.8 Å². The van der Waals surface area contributed by atoms with Crippen molar-refractivity contribution in [3.05, 3.63) is 11.8 Å². The summed E-state index contributed by atoms with van der Waals surface area (Å²) < 4.78 is 0. The van der Waals surface area contributed by atoms with Crippen molar-refractivity contribution in [2.75, 3.05) is 14.1 Å². The summed E-state index contributed by atoms with van der Waals surface area (Å²) in [5, 5.41) is 2.61. The smallest absolute Gasteiger partial charge is 0.320 e. The third kappa shape index (κ3) is 3.95. The van der Waals surface area contributed by atoms with Gasteiger partial charge in [-0.25, -0.2) is 4.79 Å². The monoisotopic (exact) mass is 142 g/mol. The number of rotatable bonds is 1. The molecule has 0 fully saturated rings. The molecule has 0 spiro atoms. The zero-order valence-electron chi connectivity index (χ0n) is 6.93. The molecule has 0 aliphatic heterocycles. The van der Waals surface area contributed by atoms with Crippen LogP contribution in [0.4, 0.5) is 4.79 Å². The molecule has 58 valence electrons.